The fourth-order valence-electron chi connectivity index (χ4n) is 2.31. The highest BCUT2D eigenvalue weighted by Gasteiger charge is 2.37. The number of hydrogen-bond acceptors (Lipinski definition) is 5. The third-order valence-electron chi connectivity index (χ3n) is 3.85. The molecule has 0 saturated carbocycles. The van der Waals surface area contributed by atoms with Crippen LogP contribution in [0.2, 0.25) is 0 Å². The molecule has 2 nitrogen and oxygen atoms in total. The summed E-state index contributed by atoms with van der Waals surface area (Å²) in [5.41, 5.74) is 0. The van der Waals surface area contributed by atoms with Crippen molar-refractivity contribution in [3.63, 3.8) is 0 Å². The Kier molecular flexibility index (Phi) is 9.74. The van der Waals surface area contributed by atoms with Gasteiger partial charge in [-0.15, -0.1) is 11.8 Å². The lowest BCUT2D eigenvalue weighted by Crippen LogP contribution is -2.39. The lowest BCUT2D eigenvalue weighted by molar-refractivity contribution is 0.180. The van der Waals surface area contributed by atoms with Crippen molar-refractivity contribution in [3.05, 3.63) is 0 Å². The van der Waals surface area contributed by atoms with E-state index in [1.54, 1.807) is 0 Å². The molecule has 5 heteroatoms. The first kappa shape index (κ1) is 22.0. The van der Waals surface area contributed by atoms with Crippen LogP contribution in [0.15, 0.2) is 0 Å². The van der Waals surface area contributed by atoms with E-state index in [2.05, 4.69) is 27.7 Å². The molecule has 4 atom stereocenters. The number of aliphatic hydroxyl groups excluding tert-OH is 2. The maximum Gasteiger partial charge on any atom is 0.0512 e. The van der Waals surface area contributed by atoms with E-state index >= 15 is 0 Å². The van der Waals surface area contributed by atoms with E-state index in [4.69, 9.17) is 25.3 Å². The van der Waals surface area contributed by atoms with Crippen molar-refractivity contribution in [1.82, 2.24) is 0 Å². The van der Waals surface area contributed by atoms with Gasteiger partial charge in [0.15, 0.2) is 0 Å². The fraction of sp³-hybridized carbons (Fsp3) is 1.00. The molecule has 0 spiro atoms. The summed E-state index contributed by atoms with van der Waals surface area (Å²) in [6, 6.07) is 0. The number of thioether (sulfide) groups is 1. The molecular formula is C16H34O2S3. The van der Waals surface area contributed by atoms with E-state index in [1.807, 2.05) is 25.6 Å². The highest BCUT2D eigenvalue weighted by Crippen LogP contribution is 2.45. The second-order valence-corrected chi connectivity index (χ2v) is 10.7. The van der Waals surface area contributed by atoms with Gasteiger partial charge in [0.25, 0.3) is 0 Å². The van der Waals surface area contributed by atoms with Gasteiger partial charge in [0.05, 0.1) is 12.2 Å². The Morgan fingerprint density at radius 3 is 1.29 bits per heavy atom. The van der Waals surface area contributed by atoms with E-state index in [0.29, 0.717) is 0 Å². The van der Waals surface area contributed by atoms with Crippen LogP contribution in [-0.2, 0) is 0 Å². The second-order valence-electron chi connectivity index (χ2n) is 7.19. The molecule has 0 aromatic rings. The van der Waals surface area contributed by atoms with E-state index in [-0.39, 0.29) is 32.2 Å². The van der Waals surface area contributed by atoms with Crippen LogP contribution in [-0.4, -0.2) is 42.4 Å². The lowest BCUT2D eigenvalue weighted by Gasteiger charge is -2.41. The Labute approximate surface area is 146 Å². The van der Waals surface area contributed by atoms with Crippen molar-refractivity contribution >= 4 is 37.0 Å². The topological polar surface area (TPSA) is 40.5 Å². The maximum atomic E-state index is 9.43. The highest BCUT2D eigenvalue weighted by atomic mass is 32.2. The van der Waals surface area contributed by atoms with Gasteiger partial charge in [-0.3, -0.25) is 0 Å². The Hall–Kier alpha value is 0.970. The quantitative estimate of drug-likeness (QED) is 0.445. The fourth-order valence-corrected chi connectivity index (χ4v) is 4.79. The molecule has 0 heterocycles. The minimum Gasteiger partial charge on any atom is -0.393 e. The van der Waals surface area contributed by atoms with Crippen molar-refractivity contribution in [2.24, 2.45) is 0 Å². The van der Waals surface area contributed by atoms with Gasteiger partial charge in [0, 0.05) is 20.0 Å². The minimum absolute atomic E-state index is 0.00725. The zero-order valence-electron chi connectivity index (χ0n) is 14.3. The number of rotatable bonds is 10. The van der Waals surface area contributed by atoms with Crippen LogP contribution in [0.25, 0.3) is 0 Å². The van der Waals surface area contributed by atoms with Crippen LogP contribution in [0.4, 0.5) is 0 Å². The lowest BCUT2D eigenvalue weighted by atomic mass is 10.0. The van der Waals surface area contributed by atoms with E-state index < -0.39 is 0 Å². The molecule has 0 aliphatic rings. The van der Waals surface area contributed by atoms with E-state index in [9.17, 15) is 10.2 Å². The Morgan fingerprint density at radius 1 is 0.762 bits per heavy atom. The molecule has 0 aromatic heterocycles. The average molecular weight is 355 g/mol. The molecular weight excluding hydrogens is 320 g/mol. The molecule has 128 valence electrons. The minimum atomic E-state index is -0.267. The molecule has 0 aliphatic heterocycles. The number of aliphatic hydroxyl groups is 2. The molecule has 0 aromatic carbocycles. The molecule has 4 unspecified atom stereocenters. The summed E-state index contributed by atoms with van der Waals surface area (Å²) in [4.78, 5) is 0. The van der Waals surface area contributed by atoms with Crippen LogP contribution in [0.1, 0.15) is 67.2 Å². The van der Waals surface area contributed by atoms with Gasteiger partial charge in [-0.05, 0) is 67.2 Å². The van der Waals surface area contributed by atoms with Crippen LogP contribution in [0, 0.1) is 0 Å². The van der Waals surface area contributed by atoms with Crippen molar-refractivity contribution in [3.8, 4) is 0 Å². The summed E-state index contributed by atoms with van der Waals surface area (Å²) in [7, 11) is 0. The molecule has 0 amide bonds. The van der Waals surface area contributed by atoms with Gasteiger partial charge in [-0.25, -0.2) is 0 Å². The summed E-state index contributed by atoms with van der Waals surface area (Å²) in [5, 5.41) is 19.3. The predicted molar refractivity (Wildman–Crippen MR) is 103 cm³/mol. The summed E-state index contributed by atoms with van der Waals surface area (Å²) >= 11 is 11.4. The average Bonchev–Trinajstić information content (AvgIpc) is 2.31. The second kappa shape index (κ2) is 9.31. The Balaban J connectivity index is 4.57. The maximum absolute atomic E-state index is 9.43. The molecule has 0 radical (unpaired) electrons. The molecule has 0 rings (SSSR count). The van der Waals surface area contributed by atoms with E-state index in [0.717, 1.165) is 25.7 Å². The van der Waals surface area contributed by atoms with Crippen LogP contribution in [0.5, 0.6) is 0 Å². The van der Waals surface area contributed by atoms with E-state index in [1.165, 1.54) is 0 Å². The van der Waals surface area contributed by atoms with Crippen LogP contribution < -0.4 is 0 Å². The smallest absolute Gasteiger partial charge is 0.0512 e. The third kappa shape index (κ3) is 8.99. The molecule has 2 N–H and O–H groups in total. The van der Waals surface area contributed by atoms with Gasteiger partial charge < -0.3 is 10.2 Å². The van der Waals surface area contributed by atoms with Crippen LogP contribution >= 0.6 is 37.0 Å². The first-order valence-electron chi connectivity index (χ1n) is 7.81. The van der Waals surface area contributed by atoms with Crippen molar-refractivity contribution in [1.29, 1.82) is 0 Å². The third-order valence-corrected chi connectivity index (χ3v) is 7.62. The number of thiol groups is 2. The van der Waals surface area contributed by atoms with Crippen molar-refractivity contribution in [2.75, 3.05) is 0 Å². The van der Waals surface area contributed by atoms with Gasteiger partial charge in [-0.1, -0.05) is 0 Å². The van der Waals surface area contributed by atoms with Crippen LogP contribution in [0.3, 0.4) is 0 Å². The van der Waals surface area contributed by atoms with Crippen molar-refractivity contribution < 1.29 is 10.2 Å². The summed E-state index contributed by atoms with van der Waals surface area (Å²) in [5.74, 6) is 0. The molecule has 0 bridgehead atoms. The zero-order chi connectivity index (χ0) is 16.8. The van der Waals surface area contributed by atoms with Gasteiger partial charge >= 0.3 is 0 Å². The summed E-state index contributed by atoms with van der Waals surface area (Å²) in [6.45, 7) is 12.5. The molecule has 21 heavy (non-hydrogen) atoms. The van der Waals surface area contributed by atoms with Gasteiger partial charge in [0.2, 0.25) is 0 Å². The normalized spacial score (nSPS) is 19.1. The summed E-state index contributed by atoms with van der Waals surface area (Å²) in [6.07, 6.45) is 2.84. The number of hydrogen-bond donors (Lipinski definition) is 4. The Morgan fingerprint density at radius 2 is 1.05 bits per heavy atom. The van der Waals surface area contributed by atoms with Crippen molar-refractivity contribution in [2.45, 2.75) is 99.4 Å². The zero-order valence-corrected chi connectivity index (χ0v) is 16.9. The largest absolute Gasteiger partial charge is 0.393 e. The summed E-state index contributed by atoms with van der Waals surface area (Å²) < 4.78 is 0.0145. The van der Waals surface area contributed by atoms with Gasteiger partial charge in [0.1, 0.15) is 0 Å². The van der Waals surface area contributed by atoms with Gasteiger partial charge in [-0.2, -0.15) is 25.3 Å². The molecule has 0 saturated heterocycles. The first-order valence-corrected chi connectivity index (χ1v) is 9.66. The molecule has 0 aliphatic carbocycles. The predicted octanol–water partition coefficient (Wildman–Crippen LogP) is 4.20. The highest BCUT2D eigenvalue weighted by molar-refractivity contribution is 8.03. The monoisotopic (exact) mass is 354 g/mol. The Bertz CT molecular complexity index is 263. The SMILES string of the molecule is CC(O)CCC(S)C(C)(C)SC(C)(C)C(S)CCC(C)O. The standard InChI is InChI=1S/C16H34O2S3/c1-11(17)7-9-13(19)15(3,4)21-16(5,6)14(20)10-8-12(2)18/h11-14,17-20H,7-10H2,1-6H3. The first-order chi connectivity index (χ1) is 9.38. The molecule has 0 fully saturated rings.